The zero-order valence-electron chi connectivity index (χ0n) is 14.8. The fourth-order valence-corrected chi connectivity index (χ4v) is 2.54. The van der Waals surface area contributed by atoms with Crippen LogP contribution in [0.15, 0.2) is 41.2 Å². The molecule has 1 aromatic carbocycles. The Morgan fingerprint density at radius 2 is 2.15 bits per heavy atom. The van der Waals surface area contributed by atoms with Gasteiger partial charge in [-0.3, -0.25) is 14.2 Å². The van der Waals surface area contributed by atoms with Crippen molar-refractivity contribution in [1.82, 2.24) is 20.4 Å². The number of pyridine rings is 1. The van der Waals surface area contributed by atoms with Crippen LogP contribution >= 0.6 is 0 Å². The monoisotopic (exact) mass is 371 g/mol. The number of nitrogens with zero attached hydrogens (tertiary/aromatic N) is 3. The van der Waals surface area contributed by atoms with Gasteiger partial charge in [-0.1, -0.05) is 11.2 Å². The van der Waals surface area contributed by atoms with Gasteiger partial charge in [-0.25, -0.2) is 0 Å². The third kappa shape index (κ3) is 3.86. The molecule has 2 aromatic heterocycles. The first kappa shape index (κ1) is 18.3. The van der Waals surface area contributed by atoms with Crippen LogP contribution in [-0.4, -0.2) is 41.9 Å². The topological polar surface area (TPSA) is 102 Å². The molecule has 140 valence electrons. The Morgan fingerprint density at radius 1 is 1.30 bits per heavy atom. The molecule has 9 heteroatoms. The molecule has 8 nitrogen and oxygen atoms in total. The third-order valence-electron chi connectivity index (χ3n) is 3.80. The molecular weight excluding hydrogens is 353 g/mol. The minimum Gasteiger partial charge on any atom is -0.494 e. The molecule has 0 spiro atoms. The van der Waals surface area contributed by atoms with Gasteiger partial charge in [-0.05, 0) is 18.2 Å². The van der Waals surface area contributed by atoms with Crippen molar-refractivity contribution in [2.75, 3.05) is 26.1 Å². The number of hydrogen-bond donors (Lipinski definition) is 2. The van der Waals surface area contributed by atoms with Gasteiger partial charge in [0.15, 0.2) is 5.75 Å². The number of benzene rings is 1. The molecule has 0 saturated carbocycles. The SMILES string of the molecule is CNC(=O)c1cnccc1Nc1cccc(-c2noc(CCF)n2)c1OC. The molecule has 2 N–H and O–H groups in total. The van der Waals surface area contributed by atoms with Gasteiger partial charge in [-0.2, -0.15) is 4.98 Å². The number of rotatable bonds is 7. The Hall–Kier alpha value is -3.49. The van der Waals surface area contributed by atoms with Crippen LogP contribution in [-0.2, 0) is 6.42 Å². The number of nitrogens with one attached hydrogen (secondary N) is 2. The summed E-state index contributed by atoms with van der Waals surface area (Å²) in [5.41, 5.74) is 2.12. The standard InChI is InChI=1S/C18H18FN5O3/c1-20-18(25)12-10-21-9-7-13(12)22-14-5-3-4-11(16(14)26-2)17-23-15(6-8-19)27-24-17/h3-5,7,9-10H,6,8H2,1-2H3,(H,20,25)(H,21,22). The van der Waals surface area contributed by atoms with Gasteiger partial charge in [0.25, 0.3) is 5.91 Å². The normalized spacial score (nSPS) is 10.5. The van der Waals surface area contributed by atoms with Crippen molar-refractivity contribution < 1.29 is 18.4 Å². The minimum atomic E-state index is -0.579. The maximum Gasteiger partial charge on any atom is 0.254 e. The molecule has 0 atom stereocenters. The molecule has 3 rings (SSSR count). The second-order valence-electron chi connectivity index (χ2n) is 5.46. The van der Waals surface area contributed by atoms with E-state index in [1.165, 1.54) is 13.3 Å². The number of para-hydroxylation sites is 1. The fraction of sp³-hybridized carbons (Fsp3) is 0.222. The Kier molecular flexibility index (Phi) is 5.60. The number of ether oxygens (including phenoxy) is 1. The maximum atomic E-state index is 12.5. The van der Waals surface area contributed by atoms with Gasteiger partial charge in [0.1, 0.15) is 0 Å². The average Bonchev–Trinajstić information content (AvgIpc) is 3.16. The van der Waals surface area contributed by atoms with Gasteiger partial charge >= 0.3 is 0 Å². The van der Waals surface area contributed by atoms with E-state index in [0.717, 1.165) is 0 Å². The van der Waals surface area contributed by atoms with Gasteiger partial charge in [0.05, 0.1) is 42.7 Å². The van der Waals surface area contributed by atoms with Gasteiger partial charge < -0.3 is 19.9 Å². The highest BCUT2D eigenvalue weighted by atomic mass is 19.1. The summed E-state index contributed by atoms with van der Waals surface area (Å²) in [6, 6.07) is 7.02. The summed E-state index contributed by atoms with van der Waals surface area (Å²) in [4.78, 5) is 20.2. The Balaban J connectivity index is 1.99. The van der Waals surface area contributed by atoms with Crippen molar-refractivity contribution in [2.24, 2.45) is 0 Å². The summed E-state index contributed by atoms with van der Waals surface area (Å²) in [5.74, 6) is 0.698. The summed E-state index contributed by atoms with van der Waals surface area (Å²) in [6.45, 7) is -0.579. The van der Waals surface area contributed by atoms with Crippen LogP contribution in [0.2, 0.25) is 0 Å². The number of aryl methyl sites for hydroxylation is 1. The number of methoxy groups -OCH3 is 1. The zero-order valence-corrected chi connectivity index (χ0v) is 14.8. The van der Waals surface area contributed by atoms with Crippen molar-refractivity contribution in [2.45, 2.75) is 6.42 Å². The number of anilines is 2. The second-order valence-corrected chi connectivity index (χ2v) is 5.46. The van der Waals surface area contributed by atoms with Gasteiger partial charge in [0, 0.05) is 19.4 Å². The van der Waals surface area contributed by atoms with E-state index in [4.69, 9.17) is 9.26 Å². The lowest BCUT2D eigenvalue weighted by Gasteiger charge is -2.15. The van der Waals surface area contributed by atoms with E-state index in [9.17, 15) is 9.18 Å². The Morgan fingerprint density at radius 3 is 2.89 bits per heavy atom. The number of aromatic nitrogens is 3. The number of amides is 1. The predicted octanol–water partition coefficient (Wildman–Crippen LogP) is 2.76. The summed E-state index contributed by atoms with van der Waals surface area (Å²) in [5, 5.41) is 9.64. The van der Waals surface area contributed by atoms with Gasteiger partial charge in [-0.15, -0.1) is 0 Å². The lowest BCUT2D eigenvalue weighted by molar-refractivity contribution is 0.0963. The smallest absolute Gasteiger partial charge is 0.254 e. The molecular formula is C18H18FN5O3. The number of carbonyl (C=O) groups is 1. The van der Waals surface area contributed by atoms with Crippen molar-refractivity contribution in [1.29, 1.82) is 0 Å². The molecule has 1 amide bonds. The maximum absolute atomic E-state index is 12.5. The lowest BCUT2D eigenvalue weighted by Crippen LogP contribution is -2.19. The van der Waals surface area contributed by atoms with Crippen molar-refractivity contribution in [3.05, 3.63) is 48.1 Å². The molecule has 3 aromatic rings. The highest BCUT2D eigenvalue weighted by molar-refractivity contribution is 6.00. The second kappa shape index (κ2) is 8.26. The van der Waals surface area contributed by atoms with Crippen LogP contribution in [0.1, 0.15) is 16.2 Å². The molecule has 0 aliphatic carbocycles. The first-order chi connectivity index (χ1) is 13.2. The van der Waals surface area contributed by atoms with E-state index in [1.54, 1.807) is 37.5 Å². The van der Waals surface area contributed by atoms with Crippen molar-refractivity contribution >= 4 is 17.3 Å². The summed E-state index contributed by atoms with van der Waals surface area (Å²) in [6.07, 6.45) is 3.10. The molecule has 27 heavy (non-hydrogen) atoms. The Bertz CT molecular complexity index is 944. The first-order valence-corrected chi connectivity index (χ1v) is 8.17. The minimum absolute atomic E-state index is 0.0553. The predicted molar refractivity (Wildman–Crippen MR) is 96.9 cm³/mol. The van der Waals surface area contributed by atoms with Crippen LogP contribution in [0.4, 0.5) is 15.8 Å². The van der Waals surface area contributed by atoms with E-state index in [2.05, 4.69) is 25.8 Å². The highest BCUT2D eigenvalue weighted by Gasteiger charge is 2.18. The largest absolute Gasteiger partial charge is 0.494 e. The van der Waals surface area contributed by atoms with Crippen molar-refractivity contribution in [3.8, 4) is 17.1 Å². The zero-order chi connectivity index (χ0) is 19.2. The molecule has 0 radical (unpaired) electrons. The number of halogens is 1. The number of carbonyl (C=O) groups excluding carboxylic acids is 1. The summed E-state index contributed by atoms with van der Waals surface area (Å²) in [7, 11) is 3.06. The fourth-order valence-electron chi connectivity index (χ4n) is 2.54. The average molecular weight is 371 g/mol. The molecule has 0 aliphatic heterocycles. The number of alkyl halides is 1. The molecule has 0 fully saturated rings. The van der Waals surface area contributed by atoms with Crippen molar-refractivity contribution in [3.63, 3.8) is 0 Å². The van der Waals surface area contributed by atoms with Crippen LogP contribution in [0.5, 0.6) is 5.75 Å². The van der Waals surface area contributed by atoms with Gasteiger partial charge in [0.2, 0.25) is 11.7 Å². The van der Waals surface area contributed by atoms with E-state index in [0.29, 0.717) is 34.1 Å². The first-order valence-electron chi connectivity index (χ1n) is 8.17. The summed E-state index contributed by atoms with van der Waals surface area (Å²) < 4.78 is 23.0. The molecule has 2 heterocycles. The van der Waals surface area contributed by atoms with E-state index in [1.807, 2.05) is 0 Å². The Labute approximate surface area is 154 Å². The van der Waals surface area contributed by atoms with Crippen LogP contribution in [0, 0.1) is 0 Å². The number of hydrogen-bond acceptors (Lipinski definition) is 7. The van der Waals surface area contributed by atoms with Crippen LogP contribution in [0.3, 0.4) is 0 Å². The summed E-state index contributed by atoms with van der Waals surface area (Å²) >= 11 is 0. The lowest BCUT2D eigenvalue weighted by atomic mass is 10.1. The van der Waals surface area contributed by atoms with Crippen LogP contribution in [0.25, 0.3) is 11.4 Å². The van der Waals surface area contributed by atoms with Crippen LogP contribution < -0.4 is 15.4 Å². The molecule has 0 aliphatic rings. The highest BCUT2D eigenvalue weighted by Crippen LogP contribution is 2.37. The quantitative estimate of drug-likeness (QED) is 0.658. The molecule has 0 bridgehead atoms. The molecule has 0 saturated heterocycles. The third-order valence-corrected chi connectivity index (χ3v) is 3.80. The van der Waals surface area contributed by atoms with E-state index in [-0.39, 0.29) is 18.2 Å². The van der Waals surface area contributed by atoms with E-state index < -0.39 is 6.67 Å². The van der Waals surface area contributed by atoms with E-state index >= 15 is 0 Å². The molecule has 0 unspecified atom stereocenters.